The van der Waals surface area contributed by atoms with E-state index in [4.69, 9.17) is 0 Å². The average Bonchev–Trinajstić information content (AvgIpc) is 2.76. The third-order valence-corrected chi connectivity index (χ3v) is 5.38. The zero-order valence-electron chi connectivity index (χ0n) is 10.6. The Labute approximate surface area is 116 Å². The van der Waals surface area contributed by atoms with Crippen LogP contribution in [0, 0.1) is 12.7 Å². The molecular weight excluding hydrogens is 285 g/mol. The van der Waals surface area contributed by atoms with Crippen LogP contribution in [0.15, 0.2) is 41.3 Å². The molecule has 1 aromatic heterocycles. The molecule has 1 N–H and O–H groups in total. The number of rotatable bonds is 4. The molecular formula is C13H14FNO2S2. The van der Waals surface area contributed by atoms with Gasteiger partial charge in [-0.1, -0.05) is 0 Å². The molecule has 3 nitrogen and oxygen atoms in total. The zero-order chi connectivity index (χ0) is 14.0. The van der Waals surface area contributed by atoms with E-state index in [-0.39, 0.29) is 10.9 Å². The average molecular weight is 299 g/mol. The first-order valence-corrected chi connectivity index (χ1v) is 8.03. The molecule has 0 saturated carbocycles. The van der Waals surface area contributed by atoms with Crippen LogP contribution < -0.4 is 4.72 Å². The summed E-state index contributed by atoms with van der Waals surface area (Å²) in [7, 11) is -3.63. The van der Waals surface area contributed by atoms with Crippen molar-refractivity contribution in [3.63, 3.8) is 0 Å². The number of aryl methyl sites for hydroxylation is 1. The molecule has 0 amide bonds. The van der Waals surface area contributed by atoms with Gasteiger partial charge in [0.15, 0.2) is 0 Å². The molecule has 0 aliphatic rings. The molecule has 0 aliphatic carbocycles. The lowest BCUT2D eigenvalue weighted by atomic mass is 10.3. The Morgan fingerprint density at radius 2 is 1.79 bits per heavy atom. The van der Waals surface area contributed by atoms with Crippen LogP contribution in [-0.4, -0.2) is 8.42 Å². The summed E-state index contributed by atoms with van der Waals surface area (Å²) in [6, 6.07) is 8.31. The number of halogens is 1. The van der Waals surface area contributed by atoms with E-state index in [1.807, 2.05) is 19.1 Å². The van der Waals surface area contributed by atoms with Crippen LogP contribution in [0.2, 0.25) is 0 Å². The van der Waals surface area contributed by atoms with Gasteiger partial charge < -0.3 is 0 Å². The Morgan fingerprint density at radius 1 is 1.16 bits per heavy atom. The van der Waals surface area contributed by atoms with Crippen molar-refractivity contribution in [2.24, 2.45) is 0 Å². The second kappa shape index (κ2) is 5.40. The fourth-order valence-corrected chi connectivity index (χ4v) is 3.84. The number of hydrogen-bond donors (Lipinski definition) is 1. The fraction of sp³-hybridized carbons (Fsp3) is 0.231. The van der Waals surface area contributed by atoms with Gasteiger partial charge in [0.05, 0.1) is 10.9 Å². The molecule has 6 heteroatoms. The molecule has 1 heterocycles. The Bertz CT molecular complexity index is 662. The van der Waals surface area contributed by atoms with Crippen molar-refractivity contribution < 1.29 is 12.8 Å². The second-order valence-corrected chi connectivity index (χ2v) is 7.28. The second-order valence-electron chi connectivity index (χ2n) is 4.25. The van der Waals surface area contributed by atoms with E-state index in [0.717, 1.165) is 21.9 Å². The van der Waals surface area contributed by atoms with Gasteiger partial charge in [-0.3, -0.25) is 0 Å². The maximum atomic E-state index is 12.8. The van der Waals surface area contributed by atoms with Gasteiger partial charge in [0, 0.05) is 9.75 Å². The van der Waals surface area contributed by atoms with Crippen LogP contribution in [-0.2, 0) is 10.0 Å². The zero-order valence-corrected chi connectivity index (χ0v) is 12.2. The predicted molar refractivity (Wildman–Crippen MR) is 74.2 cm³/mol. The first-order chi connectivity index (χ1) is 8.88. The van der Waals surface area contributed by atoms with Crippen LogP contribution in [0.4, 0.5) is 4.39 Å². The minimum atomic E-state index is -3.63. The van der Waals surface area contributed by atoms with Crippen molar-refractivity contribution in [3.8, 4) is 0 Å². The molecule has 1 aromatic carbocycles. The molecule has 1 atom stereocenters. The molecule has 0 saturated heterocycles. The molecule has 0 aliphatic heterocycles. The summed E-state index contributed by atoms with van der Waals surface area (Å²) in [4.78, 5) is 2.14. The standard InChI is InChI=1S/C13H14FNO2S2/c1-9-3-8-13(18-9)10(2)15-19(16,17)12-6-4-11(14)5-7-12/h3-8,10,15H,1-2H3. The SMILES string of the molecule is Cc1ccc(C(C)NS(=O)(=O)c2ccc(F)cc2)s1. The minimum Gasteiger partial charge on any atom is -0.207 e. The lowest BCUT2D eigenvalue weighted by Crippen LogP contribution is -2.26. The molecule has 0 bridgehead atoms. The van der Waals surface area contributed by atoms with Gasteiger partial charge in [0.25, 0.3) is 0 Å². The highest BCUT2D eigenvalue weighted by Gasteiger charge is 2.19. The highest BCUT2D eigenvalue weighted by Crippen LogP contribution is 2.24. The highest BCUT2D eigenvalue weighted by molar-refractivity contribution is 7.89. The molecule has 2 aromatic rings. The van der Waals surface area contributed by atoms with Gasteiger partial charge >= 0.3 is 0 Å². The monoisotopic (exact) mass is 299 g/mol. The number of benzene rings is 1. The van der Waals surface area contributed by atoms with Crippen LogP contribution in [0.3, 0.4) is 0 Å². The van der Waals surface area contributed by atoms with E-state index >= 15 is 0 Å². The first-order valence-electron chi connectivity index (χ1n) is 5.73. The third-order valence-electron chi connectivity index (χ3n) is 2.64. The van der Waals surface area contributed by atoms with Gasteiger partial charge in [-0.15, -0.1) is 11.3 Å². The number of thiophene rings is 1. The van der Waals surface area contributed by atoms with E-state index in [9.17, 15) is 12.8 Å². The van der Waals surface area contributed by atoms with Crippen molar-refractivity contribution in [1.82, 2.24) is 4.72 Å². The quantitative estimate of drug-likeness (QED) is 0.942. The van der Waals surface area contributed by atoms with Gasteiger partial charge in [0.1, 0.15) is 5.82 Å². The van der Waals surface area contributed by atoms with Gasteiger partial charge in [-0.05, 0) is 50.2 Å². The summed E-state index contributed by atoms with van der Waals surface area (Å²) in [5.74, 6) is -0.458. The maximum absolute atomic E-state index is 12.8. The van der Waals surface area contributed by atoms with Crippen molar-refractivity contribution in [3.05, 3.63) is 52.0 Å². The van der Waals surface area contributed by atoms with Crippen LogP contribution in [0.25, 0.3) is 0 Å². The topological polar surface area (TPSA) is 46.2 Å². The Hall–Kier alpha value is -1.24. The van der Waals surface area contributed by atoms with Gasteiger partial charge in [0.2, 0.25) is 10.0 Å². The predicted octanol–water partition coefficient (Wildman–Crippen LogP) is 3.24. The highest BCUT2D eigenvalue weighted by atomic mass is 32.2. The van der Waals surface area contributed by atoms with Crippen LogP contribution in [0.5, 0.6) is 0 Å². The van der Waals surface area contributed by atoms with Gasteiger partial charge in [-0.25, -0.2) is 17.5 Å². The molecule has 0 fully saturated rings. The summed E-state index contributed by atoms with van der Waals surface area (Å²) in [6.07, 6.45) is 0. The Morgan fingerprint density at radius 3 is 2.32 bits per heavy atom. The summed E-state index contributed by atoms with van der Waals surface area (Å²) < 4.78 is 39.6. The van der Waals surface area contributed by atoms with Crippen molar-refractivity contribution >= 4 is 21.4 Å². The van der Waals surface area contributed by atoms with Crippen molar-refractivity contribution in [1.29, 1.82) is 0 Å². The first kappa shape index (κ1) is 14.2. The molecule has 2 rings (SSSR count). The lowest BCUT2D eigenvalue weighted by Gasteiger charge is -2.12. The minimum absolute atomic E-state index is 0.0639. The molecule has 0 radical (unpaired) electrons. The van der Waals surface area contributed by atoms with Crippen LogP contribution >= 0.6 is 11.3 Å². The van der Waals surface area contributed by atoms with Crippen molar-refractivity contribution in [2.75, 3.05) is 0 Å². The summed E-state index contributed by atoms with van der Waals surface area (Å²) in [5.41, 5.74) is 0. The van der Waals surface area contributed by atoms with E-state index in [0.29, 0.717) is 0 Å². The largest absolute Gasteiger partial charge is 0.241 e. The van der Waals surface area contributed by atoms with E-state index in [1.54, 1.807) is 18.3 Å². The number of hydrogen-bond acceptors (Lipinski definition) is 3. The van der Waals surface area contributed by atoms with Gasteiger partial charge in [-0.2, -0.15) is 0 Å². The smallest absolute Gasteiger partial charge is 0.207 e. The maximum Gasteiger partial charge on any atom is 0.241 e. The van der Waals surface area contributed by atoms with E-state index in [1.165, 1.54) is 12.1 Å². The summed E-state index contributed by atoms with van der Waals surface area (Å²) in [5, 5.41) is 0. The Balaban J connectivity index is 2.19. The number of nitrogens with one attached hydrogen (secondary N) is 1. The normalized spacial score (nSPS) is 13.4. The molecule has 102 valence electrons. The summed E-state index contributed by atoms with van der Waals surface area (Å²) >= 11 is 1.55. The molecule has 0 spiro atoms. The fourth-order valence-electron chi connectivity index (χ4n) is 1.66. The Kier molecular flexibility index (Phi) is 4.03. The summed E-state index contributed by atoms with van der Waals surface area (Å²) in [6.45, 7) is 3.75. The third kappa shape index (κ3) is 3.40. The van der Waals surface area contributed by atoms with E-state index < -0.39 is 15.8 Å². The molecule has 1 unspecified atom stereocenters. The van der Waals surface area contributed by atoms with Crippen LogP contribution in [0.1, 0.15) is 22.7 Å². The number of sulfonamides is 1. The lowest BCUT2D eigenvalue weighted by molar-refractivity contribution is 0.568. The van der Waals surface area contributed by atoms with Crippen molar-refractivity contribution in [2.45, 2.75) is 24.8 Å². The molecule has 19 heavy (non-hydrogen) atoms. The van der Waals surface area contributed by atoms with E-state index in [2.05, 4.69) is 4.72 Å².